The van der Waals surface area contributed by atoms with Crippen LogP contribution in [0, 0.1) is 0 Å². The Balaban J connectivity index is 2.94. The van der Waals surface area contributed by atoms with Gasteiger partial charge in [-0.1, -0.05) is 0 Å². The van der Waals surface area contributed by atoms with E-state index >= 15 is 0 Å². The summed E-state index contributed by atoms with van der Waals surface area (Å²) in [6.45, 7) is 7.13. The maximum absolute atomic E-state index is 13.0. The molecule has 0 aromatic carbocycles. The van der Waals surface area contributed by atoms with Gasteiger partial charge < -0.3 is 24.4 Å². The molecule has 0 spiro atoms. The first-order valence-corrected chi connectivity index (χ1v) is 7.93. The van der Waals surface area contributed by atoms with E-state index in [9.17, 15) is 14.4 Å². The fourth-order valence-electron chi connectivity index (χ4n) is 2.68. The van der Waals surface area contributed by atoms with Crippen LogP contribution in [-0.4, -0.2) is 67.4 Å². The number of rotatable bonds is 5. The highest BCUT2D eigenvalue weighted by molar-refractivity contribution is 5.93. The van der Waals surface area contributed by atoms with Gasteiger partial charge in [0.2, 0.25) is 0 Å². The van der Waals surface area contributed by atoms with Crippen LogP contribution in [0.3, 0.4) is 0 Å². The molecular formula is C16H28N2O6. The van der Waals surface area contributed by atoms with Crippen molar-refractivity contribution in [2.24, 2.45) is 0 Å². The zero-order chi connectivity index (χ0) is 18.5. The predicted octanol–water partition coefficient (Wildman–Crippen LogP) is 1.08. The minimum atomic E-state index is -1.34. The van der Waals surface area contributed by atoms with Gasteiger partial charge in [-0.05, 0) is 40.5 Å². The maximum atomic E-state index is 13.0. The van der Waals surface area contributed by atoms with Gasteiger partial charge in [0, 0.05) is 13.7 Å². The van der Waals surface area contributed by atoms with E-state index in [2.05, 4.69) is 5.32 Å². The molecule has 8 heteroatoms. The number of ether oxygens (including phenoxy) is 3. The minimum Gasteiger partial charge on any atom is -0.467 e. The Labute approximate surface area is 142 Å². The molecule has 2 atom stereocenters. The van der Waals surface area contributed by atoms with Gasteiger partial charge in [0.25, 0.3) is 5.91 Å². The lowest BCUT2D eigenvalue weighted by molar-refractivity contribution is -0.154. The van der Waals surface area contributed by atoms with Crippen molar-refractivity contribution in [2.75, 3.05) is 27.4 Å². The van der Waals surface area contributed by atoms with E-state index in [1.54, 1.807) is 27.7 Å². The van der Waals surface area contributed by atoms with Crippen molar-refractivity contribution >= 4 is 18.0 Å². The monoisotopic (exact) mass is 344 g/mol. The molecule has 1 heterocycles. The molecule has 0 aromatic rings. The van der Waals surface area contributed by atoms with Crippen LogP contribution in [-0.2, 0) is 23.8 Å². The van der Waals surface area contributed by atoms with Gasteiger partial charge in [0.05, 0.1) is 13.7 Å². The standard InChI is InChI=1S/C16H28N2O6/c1-15(2,3)24-14(21)17-16(4,10-22-5)13(20)18-9-7-8-11(18)12(19)23-6/h11H,7-10H2,1-6H3,(H,17,21)/t11-,16?/m0/s1. The molecule has 138 valence electrons. The van der Waals surface area contributed by atoms with E-state index in [1.807, 2.05) is 0 Å². The number of nitrogens with one attached hydrogen (secondary N) is 1. The van der Waals surface area contributed by atoms with Gasteiger partial charge in [0.1, 0.15) is 17.2 Å². The van der Waals surface area contributed by atoms with Crippen LogP contribution in [0.15, 0.2) is 0 Å². The summed E-state index contributed by atoms with van der Waals surface area (Å²) in [6.07, 6.45) is 0.513. The summed E-state index contributed by atoms with van der Waals surface area (Å²) in [5.74, 6) is -0.860. The summed E-state index contributed by atoms with van der Waals surface area (Å²) in [5.41, 5.74) is -2.03. The fraction of sp³-hybridized carbons (Fsp3) is 0.812. The zero-order valence-corrected chi connectivity index (χ0v) is 15.3. The quantitative estimate of drug-likeness (QED) is 0.750. The molecule has 1 unspecified atom stereocenters. The average molecular weight is 344 g/mol. The highest BCUT2D eigenvalue weighted by Gasteiger charge is 2.45. The predicted molar refractivity (Wildman–Crippen MR) is 86.4 cm³/mol. The Hall–Kier alpha value is -1.83. The van der Waals surface area contributed by atoms with Crippen LogP contribution in [0.4, 0.5) is 4.79 Å². The summed E-state index contributed by atoms with van der Waals surface area (Å²) in [5, 5.41) is 2.58. The van der Waals surface area contributed by atoms with Crippen molar-refractivity contribution in [3.05, 3.63) is 0 Å². The van der Waals surface area contributed by atoms with E-state index < -0.39 is 35.2 Å². The van der Waals surface area contributed by atoms with Gasteiger partial charge in [-0.3, -0.25) is 4.79 Å². The second-order valence-electron chi connectivity index (χ2n) is 7.07. The third-order valence-corrected chi connectivity index (χ3v) is 3.67. The molecule has 0 aromatic heterocycles. The molecule has 1 fully saturated rings. The average Bonchev–Trinajstić information content (AvgIpc) is 2.92. The Morgan fingerprint density at radius 3 is 2.29 bits per heavy atom. The number of carbonyl (C=O) groups is 3. The van der Waals surface area contributed by atoms with E-state index in [0.717, 1.165) is 0 Å². The number of nitrogens with zero attached hydrogens (tertiary/aromatic N) is 1. The van der Waals surface area contributed by atoms with Crippen LogP contribution in [0.5, 0.6) is 0 Å². The van der Waals surface area contributed by atoms with Crippen molar-refractivity contribution in [1.82, 2.24) is 10.2 Å². The Morgan fingerprint density at radius 2 is 1.79 bits per heavy atom. The van der Waals surface area contributed by atoms with E-state index in [-0.39, 0.29) is 6.61 Å². The molecule has 0 aliphatic carbocycles. The molecule has 1 saturated heterocycles. The van der Waals surface area contributed by atoms with Gasteiger partial charge in [-0.25, -0.2) is 9.59 Å². The van der Waals surface area contributed by atoms with E-state index in [1.165, 1.54) is 19.1 Å². The maximum Gasteiger partial charge on any atom is 0.408 e. The first-order chi connectivity index (χ1) is 11.0. The van der Waals surface area contributed by atoms with Crippen molar-refractivity contribution in [1.29, 1.82) is 0 Å². The summed E-state index contributed by atoms with van der Waals surface area (Å²) < 4.78 is 15.1. The molecule has 24 heavy (non-hydrogen) atoms. The summed E-state index contributed by atoms with van der Waals surface area (Å²) in [6, 6.07) is -0.640. The molecular weight excluding hydrogens is 316 g/mol. The number of methoxy groups -OCH3 is 2. The number of alkyl carbamates (subject to hydrolysis) is 1. The Kier molecular flexibility index (Phi) is 6.59. The van der Waals surface area contributed by atoms with Gasteiger partial charge in [-0.2, -0.15) is 0 Å². The van der Waals surface area contributed by atoms with Gasteiger partial charge in [-0.15, -0.1) is 0 Å². The number of hydrogen-bond donors (Lipinski definition) is 1. The lowest BCUT2D eigenvalue weighted by Crippen LogP contribution is -2.62. The second-order valence-corrected chi connectivity index (χ2v) is 7.07. The molecule has 1 aliphatic rings. The van der Waals surface area contributed by atoms with Gasteiger partial charge >= 0.3 is 12.1 Å². The lowest BCUT2D eigenvalue weighted by atomic mass is 10.0. The minimum absolute atomic E-state index is 0.0462. The lowest BCUT2D eigenvalue weighted by Gasteiger charge is -2.35. The first kappa shape index (κ1) is 20.2. The number of esters is 1. The SMILES string of the molecule is COCC(C)(NC(=O)OC(C)(C)C)C(=O)N1CCC[C@H]1C(=O)OC. The smallest absolute Gasteiger partial charge is 0.408 e. The highest BCUT2D eigenvalue weighted by Crippen LogP contribution is 2.23. The molecule has 0 bridgehead atoms. The van der Waals surface area contributed by atoms with Crippen molar-refractivity contribution in [3.8, 4) is 0 Å². The largest absolute Gasteiger partial charge is 0.467 e. The third kappa shape index (κ3) is 5.09. The van der Waals surface area contributed by atoms with E-state index in [0.29, 0.717) is 19.4 Å². The summed E-state index contributed by atoms with van der Waals surface area (Å²) in [4.78, 5) is 38.3. The van der Waals surface area contributed by atoms with E-state index in [4.69, 9.17) is 14.2 Å². The topological polar surface area (TPSA) is 94.2 Å². The van der Waals surface area contributed by atoms with Crippen molar-refractivity contribution in [3.63, 3.8) is 0 Å². The molecule has 1 aliphatic heterocycles. The number of hydrogen-bond acceptors (Lipinski definition) is 6. The molecule has 0 radical (unpaired) electrons. The number of likely N-dealkylation sites (tertiary alicyclic amines) is 1. The Bertz CT molecular complexity index is 487. The van der Waals surface area contributed by atoms with Gasteiger partial charge in [0.15, 0.2) is 0 Å². The van der Waals surface area contributed by atoms with Crippen LogP contribution >= 0.6 is 0 Å². The van der Waals surface area contributed by atoms with Crippen LogP contribution < -0.4 is 5.32 Å². The fourth-order valence-corrected chi connectivity index (χ4v) is 2.68. The summed E-state index contributed by atoms with van der Waals surface area (Å²) in [7, 11) is 2.72. The molecule has 0 saturated carbocycles. The van der Waals surface area contributed by atoms with Crippen molar-refractivity contribution < 1.29 is 28.6 Å². The highest BCUT2D eigenvalue weighted by atomic mass is 16.6. The molecule has 1 rings (SSSR count). The second kappa shape index (κ2) is 7.83. The number of carbonyl (C=O) groups excluding carboxylic acids is 3. The van der Waals surface area contributed by atoms with Crippen LogP contribution in [0.25, 0.3) is 0 Å². The molecule has 1 N–H and O–H groups in total. The van der Waals surface area contributed by atoms with Crippen molar-refractivity contribution in [2.45, 2.75) is 57.7 Å². The Morgan fingerprint density at radius 1 is 1.17 bits per heavy atom. The van der Waals surface area contributed by atoms with Crippen LogP contribution in [0.1, 0.15) is 40.5 Å². The molecule has 8 nitrogen and oxygen atoms in total. The molecule has 2 amide bonds. The van der Waals surface area contributed by atoms with Crippen LogP contribution in [0.2, 0.25) is 0 Å². The third-order valence-electron chi connectivity index (χ3n) is 3.67. The number of amides is 2. The summed E-state index contributed by atoms with van der Waals surface area (Å²) >= 11 is 0. The zero-order valence-electron chi connectivity index (χ0n) is 15.3. The normalized spacial score (nSPS) is 20.2. The first-order valence-electron chi connectivity index (χ1n) is 7.93.